The summed E-state index contributed by atoms with van der Waals surface area (Å²) in [5, 5.41) is 0. The minimum Gasteiger partial charge on any atom is -0.385 e. The van der Waals surface area contributed by atoms with Gasteiger partial charge in [0, 0.05) is 0 Å². The van der Waals surface area contributed by atoms with E-state index >= 15 is 0 Å². The van der Waals surface area contributed by atoms with E-state index in [2.05, 4.69) is 31.7 Å². The van der Waals surface area contributed by atoms with Crippen LogP contribution < -0.4 is 5.73 Å². The number of terminal acetylenes is 1. The first kappa shape index (κ1) is 12.6. The Morgan fingerprint density at radius 1 is 1.62 bits per heavy atom. The predicted octanol–water partition coefficient (Wildman–Crippen LogP) is 1.61. The van der Waals surface area contributed by atoms with Gasteiger partial charge in [-0.25, -0.2) is 4.79 Å². The van der Waals surface area contributed by atoms with Crippen LogP contribution >= 0.6 is 0 Å². The highest BCUT2D eigenvalue weighted by molar-refractivity contribution is 6.03. The standard InChI is InChI=1S/C12H19N3O/c1-6-8(2)15-9(7-12(3,4)5)10(13)14-11(15)16/h1,8-9H,7H2,2-5H3,(H2,13,14,16). The number of amidine groups is 1. The van der Waals surface area contributed by atoms with Gasteiger partial charge in [-0.1, -0.05) is 26.7 Å². The summed E-state index contributed by atoms with van der Waals surface area (Å²) in [5.74, 6) is 2.93. The fourth-order valence-corrected chi connectivity index (χ4v) is 1.82. The highest BCUT2D eigenvalue weighted by Crippen LogP contribution is 2.27. The van der Waals surface area contributed by atoms with E-state index in [0.29, 0.717) is 5.84 Å². The Morgan fingerprint density at radius 2 is 2.19 bits per heavy atom. The number of urea groups is 1. The first-order valence-corrected chi connectivity index (χ1v) is 5.39. The fourth-order valence-electron chi connectivity index (χ4n) is 1.82. The Morgan fingerprint density at radius 3 is 2.62 bits per heavy atom. The van der Waals surface area contributed by atoms with E-state index in [1.165, 1.54) is 0 Å². The number of rotatable bonds is 2. The summed E-state index contributed by atoms with van der Waals surface area (Å²) in [6.07, 6.45) is 6.11. The number of carbonyl (C=O) groups is 1. The molecule has 2 N–H and O–H groups in total. The Labute approximate surface area is 96.9 Å². The molecule has 0 aromatic heterocycles. The predicted molar refractivity (Wildman–Crippen MR) is 65.0 cm³/mol. The molecule has 0 aliphatic carbocycles. The van der Waals surface area contributed by atoms with Gasteiger partial charge in [0.2, 0.25) is 0 Å². The van der Waals surface area contributed by atoms with Gasteiger partial charge >= 0.3 is 6.03 Å². The Bertz CT molecular complexity index is 359. The first-order chi connectivity index (χ1) is 7.26. The van der Waals surface area contributed by atoms with Crippen molar-refractivity contribution in [3.8, 4) is 12.3 Å². The quantitative estimate of drug-likeness (QED) is 0.720. The lowest BCUT2D eigenvalue weighted by Crippen LogP contribution is -2.46. The molecule has 4 nitrogen and oxygen atoms in total. The van der Waals surface area contributed by atoms with E-state index in [9.17, 15) is 4.79 Å². The summed E-state index contributed by atoms with van der Waals surface area (Å²) < 4.78 is 0. The summed E-state index contributed by atoms with van der Waals surface area (Å²) in [6, 6.07) is -0.764. The van der Waals surface area contributed by atoms with E-state index in [-0.39, 0.29) is 23.5 Å². The second-order valence-corrected chi connectivity index (χ2v) is 5.35. The molecule has 1 aliphatic heterocycles. The first-order valence-electron chi connectivity index (χ1n) is 5.39. The van der Waals surface area contributed by atoms with Crippen LogP contribution in [0.3, 0.4) is 0 Å². The van der Waals surface area contributed by atoms with Crippen LogP contribution in [0.2, 0.25) is 0 Å². The van der Waals surface area contributed by atoms with Crippen LogP contribution in [0.25, 0.3) is 0 Å². The minimum absolute atomic E-state index is 0.0714. The SMILES string of the molecule is C#CC(C)N1C(=O)N=C(N)C1CC(C)(C)C. The van der Waals surface area contributed by atoms with E-state index in [0.717, 1.165) is 6.42 Å². The van der Waals surface area contributed by atoms with Crippen LogP contribution in [0.1, 0.15) is 34.1 Å². The van der Waals surface area contributed by atoms with Crippen molar-refractivity contribution in [1.29, 1.82) is 0 Å². The molecule has 1 aliphatic rings. The van der Waals surface area contributed by atoms with Gasteiger partial charge in [0.25, 0.3) is 0 Å². The molecule has 2 atom stereocenters. The molecule has 4 heteroatoms. The van der Waals surface area contributed by atoms with Gasteiger partial charge in [-0.3, -0.25) is 4.90 Å². The number of carbonyl (C=O) groups excluding carboxylic acids is 1. The molecule has 2 unspecified atom stereocenters. The monoisotopic (exact) mass is 221 g/mol. The number of hydrogen-bond acceptors (Lipinski definition) is 2. The normalized spacial score (nSPS) is 22.9. The molecule has 0 fully saturated rings. The van der Waals surface area contributed by atoms with Crippen LogP contribution in [0.15, 0.2) is 4.99 Å². The average molecular weight is 221 g/mol. The van der Waals surface area contributed by atoms with Crippen molar-refractivity contribution in [3.63, 3.8) is 0 Å². The lowest BCUT2D eigenvalue weighted by molar-refractivity contribution is 0.182. The highest BCUT2D eigenvalue weighted by Gasteiger charge is 2.38. The molecule has 1 rings (SSSR count). The zero-order chi connectivity index (χ0) is 12.5. The van der Waals surface area contributed by atoms with Gasteiger partial charge in [0.1, 0.15) is 5.84 Å². The lowest BCUT2D eigenvalue weighted by atomic mass is 9.87. The maximum absolute atomic E-state index is 11.6. The van der Waals surface area contributed by atoms with E-state index < -0.39 is 0 Å². The Hall–Kier alpha value is -1.50. The zero-order valence-electron chi connectivity index (χ0n) is 10.3. The molecular formula is C12H19N3O. The highest BCUT2D eigenvalue weighted by atomic mass is 16.2. The van der Waals surface area contributed by atoms with Crippen molar-refractivity contribution >= 4 is 11.9 Å². The van der Waals surface area contributed by atoms with Crippen LogP contribution in [0, 0.1) is 17.8 Å². The summed E-state index contributed by atoms with van der Waals surface area (Å²) in [6.45, 7) is 8.10. The smallest absolute Gasteiger partial charge is 0.346 e. The van der Waals surface area contributed by atoms with Crippen LogP contribution in [-0.2, 0) is 0 Å². The molecular weight excluding hydrogens is 202 g/mol. The third-order valence-electron chi connectivity index (χ3n) is 2.59. The summed E-state index contributed by atoms with van der Waals surface area (Å²) in [5.41, 5.74) is 5.85. The summed E-state index contributed by atoms with van der Waals surface area (Å²) >= 11 is 0. The Balaban J connectivity index is 2.92. The largest absolute Gasteiger partial charge is 0.385 e. The number of aliphatic imine (C=N–C) groups is 1. The van der Waals surface area contributed by atoms with Crippen LogP contribution in [0.4, 0.5) is 4.79 Å². The lowest BCUT2D eigenvalue weighted by Gasteiger charge is -2.31. The van der Waals surface area contributed by atoms with Crippen molar-refractivity contribution in [2.75, 3.05) is 0 Å². The third-order valence-corrected chi connectivity index (χ3v) is 2.59. The van der Waals surface area contributed by atoms with Crippen LogP contribution in [-0.4, -0.2) is 28.9 Å². The maximum Gasteiger partial charge on any atom is 0.346 e. The fraction of sp³-hybridized carbons (Fsp3) is 0.667. The third kappa shape index (κ3) is 2.54. The van der Waals surface area contributed by atoms with Gasteiger partial charge in [-0.2, -0.15) is 4.99 Å². The molecule has 1 heterocycles. The second kappa shape index (κ2) is 4.17. The van der Waals surface area contributed by atoms with E-state index in [1.54, 1.807) is 4.90 Å². The number of nitrogens with two attached hydrogens (primary N) is 1. The maximum atomic E-state index is 11.6. The number of hydrogen-bond donors (Lipinski definition) is 1. The van der Waals surface area contributed by atoms with Crippen molar-refractivity contribution in [2.45, 2.75) is 46.2 Å². The Kier molecular flexibility index (Phi) is 3.27. The van der Waals surface area contributed by atoms with E-state index in [4.69, 9.17) is 12.2 Å². The molecule has 16 heavy (non-hydrogen) atoms. The second-order valence-electron chi connectivity index (χ2n) is 5.35. The zero-order valence-corrected chi connectivity index (χ0v) is 10.3. The molecule has 0 aromatic carbocycles. The van der Waals surface area contributed by atoms with Crippen LogP contribution in [0.5, 0.6) is 0 Å². The molecule has 0 aromatic rings. The topological polar surface area (TPSA) is 58.7 Å². The van der Waals surface area contributed by atoms with Gasteiger partial charge in [-0.05, 0) is 18.8 Å². The number of nitrogens with zero attached hydrogens (tertiary/aromatic N) is 2. The minimum atomic E-state index is -0.322. The van der Waals surface area contributed by atoms with Crippen molar-refractivity contribution in [2.24, 2.45) is 16.1 Å². The van der Waals surface area contributed by atoms with Gasteiger partial charge < -0.3 is 5.73 Å². The molecule has 0 saturated heterocycles. The van der Waals surface area contributed by atoms with Crippen molar-refractivity contribution in [3.05, 3.63) is 0 Å². The summed E-state index contributed by atoms with van der Waals surface area (Å²) in [7, 11) is 0. The molecule has 0 spiro atoms. The number of amides is 2. The molecule has 2 amide bonds. The van der Waals surface area contributed by atoms with Gasteiger partial charge in [0.15, 0.2) is 0 Å². The molecule has 0 saturated carbocycles. The van der Waals surface area contributed by atoms with E-state index in [1.807, 2.05) is 6.92 Å². The van der Waals surface area contributed by atoms with Crippen molar-refractivity contribution in [1.82, 2.24) is 4.90 Å². The molecule has 88 valence electrons. The average Bonchev–Trinajstić information content (AvgIpc) is 2.38. The summed E-state index contributed by atoms with van der Waals surface area (Å²) in [4.78, 5) is 17.0. The molecule has 0 bridgehead atoms. The van der Waals surface area contributed by atoms with Gasteiger partial charge in [0.05, 0.1) is 12.1 Å². The van der Waals surface area contributed by atoms with Gasteiger partial charge in [-0.15, -0.1) is 6.42 Å². The molecule has 0 radical (unpaired) electrons. The van der Waals surface area contributed by atoms with Crippen molar-refractivity contribution < 1.29 is 4.79 Å².